The summed E-state index contributed by atoms with van der Waals surface area (Å²) in [6.45, 7) is 3.07. The predicted octanol–water partition coefficient (Wildman–Crippen LogP) is 3.99. The van der Waals surface area contributed by atoms with Gasteiger partial charge in [0, 0.05) is 23.5 Å². The van der Waals surface area contributed by atoms with Crippen LogP contribution in [0.1, 0.15) is 48.5 Å². The molecular formula is C15H20BrNO. The average molecular weight is 310 g/mol. The fraction of sp³-hybridized carbons (Fsp3) is 0.533. The molecule has 1 heterocycles. The van der Waals surface area contributed by atoms with Crippen LogP contribution >= 0.6 is 15.9 Å². The Bertz CT molecular complexity index is 401. The maximum atomic E-state index is 12.5. The zero-order chi connectivity index (χ0) is 13.0. The molecule has 0 N–H and O–H groups in total. The molecular weight excluding hydrogens is 290 g/mol. The summed E-state index contributed by atoms with van der Waals surface area (Å²) in [5.74, 6) is 0.186. The smallest absolute Gasteiger partial charge is 0.254 e. The molecule has 0 bridgehead atoms. The van der Waals surface area contributed by atoms with Crippen LogP contribution in [0.2, 0.25) is 0 Å². The first-order valence-electron chi connectivity index (χ1n) is 6.68. The SMILES string of the molecule is CC1CCCCCN1C(=O)c1ccc(CBr)cc1. The second-order valence-corrected chi connectivity index (χ2v) is 5.59. The molecule has 1 aromatic carbocycles. The second-order valence-electron chi connectivity index (χ2n) is 5.03. The van der Waals surface area contributed by atoms with Crippen molar-refractivity contribution in [2.75, 3.05) is 6.54 Å². The summed E-state index contributed by atoms with van der Waals surface area (Å²) in [4.78, 5) is 14.5. The predicted molar refractivity (Wildman–Crippen MR) is 78.0 cm³/mol. The van der Waals surface area contributed by atoms with Crippen molar-refractivity contribution < 1.29 is 4.79 Å². The van der Waals surface area contributed by atoms with Crippen LogP contribution in [0.15, 0.2) is 24.3 Å². The van der Waals surface area contributed by atoms with Crippen LogP contribution < -0.4 is 0 Å². The van der Waals surface area contributed by atoms with E-state index in [0.29, 0.717) is 6.04 Å². The number of likely N-dealkylation sites (tertiary alicyclic amines) is 1. The average Bonchev–Trinajstić information content (AvgIpc) is 2.63. The molecule has 2 nitrogen and oxygen atoms in total. The maximum Gasteiger partial charge on any atom is 0.254 e. The van der Waals surface area contributed by atoms with Gasteiger partial charge in [0.1, 0.15) is 0 Å². The number of nitrogens with zero attached hydrogens (tertiary/aromatic N) is 1. The van der Waals surface area contributed by atoms with Crippen molar-refractivity contribution in [1.82, 2.24) is 4.90 Å². The van der Waals surface area contributed by atoms with Crippen LogP contribution in [0.5, 0.6) is 0 Å². The van der Waals surface area contributed by atoms with E-state index in [1.54, 1.807) is 0 Å². The molecule has 1 amide bonds. The van der Waals surface area contributed by atoms with Crippen LogP contribution in [0.3, 0.4) is 0 Å². The Morgan fingerprint density at radius 3 is 2.67 bits per heavy atom. The van der Waals surface area contributed by atoms with E-state index in [2.05, 4.69) is 22.9 Å². The Balaban J connectivity index is 2.13. The summed E-state index contributed by atoms with van der Waals surface area (Å²) in [7, 11) is 0. The zero-order valence-corrected chi connectivity index (χ0v) is 12.4. The molecule has 1 aliphatic rings. The van der Waals surface area contributed by atoms with Crippen LogP contribution in [0.4, 0.5) is 0 Å². The molecule has 98 valence electrons. The quantitative estimate of drug-likeness (QED) is 0.757. The molecule has 0 radical (unpaired) electrons. The third kappa shape index (κ3) is 3.14. The van der Waals surface area contributed by atoms with Gasteiger partial charge in [-0.05, 0) is 37.5 Å². The normalized spacial score (nSPS) is 20.6. The van der Waals surface area contributed by atoms with Gasteiger partial charge in [-0.15, -0.1) is 0 Å². The Hall–Kier alpha value is -0.830. The fourth-order valence-corrected chi connectivity index (χ4v) is 2.85. The summed E-state index contributed by atoms with van der Waals surface area (Å²) in [5, 5.41) is 0.835. The zero-order valence-electron chi connectivity index (χ0n) is 10.9. The number of carbonyl (C=O) groups is 1. The lowest BCUT2D eigenvalue weighted by atomic mass is 10.1. The van der Waals surface area contributed by atoms with E-state index in [9.17, 15) is 4.79 Å². The van der Waals surface area contributed by atoms with E-state index < -0.39 is 0 Å². The molecule has 2 rings (SSSR count). The first kappa shape index (κ1) is 13.6. The highest BCUT2D eigenvalue weighted by Crippen LogP contribution is 2.19. The summed E-state index contributed by atoms with van der Waals surface area (Å²) in [5.41, 5.74) is 2.02. The van der Waals surface area contributed by atoms with Crippen LogP contribution in [-0.4, -0.2) is 23.4 Å². The highest BCUT2D eigenvalue weighted by molar-refractivity contribution is 9.08. The number of amides is 1. The van der Waals surface area contributed by atoms with E-state index in [0.717, 1.165) is 30.3 Å². The molecule has 18 heavy (non-hydrogen) atoms. The van der Waals surface area contributed by atoms with Crippen LogP contribution in [-0.2, 0) is 5.33 Å². The minimum atomic E-state index is 0.186. The van der Waals surface area contributed by atoms with E-state index in [1.807, 2.05) is 29.2 Å². The van der Waals surface area contributed by atoms with Gasteiger partial charge in [0.2, 0.25) is 0 Å². The van der Waals surface area contributed by atoms with E-state index in [1.165, 1.54) is 18.4 Å². The number of rotatable bonds is 2. The third-order valence-corrected chi connectivity index (χ3v) is 4.32. The number of hydrogen-bond acceptors (Lipinski definition) is 1. The number of benzene rings is 1. The summed E-state index contributed by atoms with van der Waals surface area (Å²) >= 11 is 3.42. The van der Waals surface area contributed by atoms with Crippen molar-refractivity contribution in [2.24, 2.45) is 0 Å². The van der Waals surface area contributed by atoms with Crippen molar-refractivity contribution >= 4 is 21.8 Å². The van der Waals surface area contributed by atoms with Crippen molar-refractivity contribution in [2.45, 2.75) is 44.0 Å². The number of alkyl halides is 1. The summed E-state index contributed by atoms with van der Waals surface area (Å²) < 4.78 is 0. The number of halogens is 1. The van der Waals surface area contributed by atoms with Crippen LogP contribution in [0.25, 0.3) is 0 Å². The number of carbonyl (C=O) groups excluding carboxylic acids is 1. The fourth-order valence-electron chi connectivity index (χ4n) is 2.48. The Morgan fingerprint density at radius 1 is 1.28 bits per heavy atom. The van der Waals surface area contributed by atoms with Crippen molar-refractivity contribution in [3.8, 4) is 0 Å². The van der Waals surface area contributed by atoms with Gasteiger partial charge in [0.25, 0.3) is 5.91 Å². The number of hydrogen-bond donors (Lipinski definition) is 0. The summed E-state index contributed by atoms with van der Waals surface area (Å²) in [6.07, 6.45) is 4.75. The van der Waals surface area contributed by atoms with Gasteiger partial charge in [0.05, 0.1) is 0 Å². The first-order valence-corrected chi connectivity index (χ1v) is 7.80. The molecule has 1 fully saturated rings. The van der Waals surface area contributed by atoms with Gasteiger partial charge < -0.3 is 4.90 Å². The molecule has 1 atom stereocenters. The maximum absolute atomic E-state index is 12.5. The lowest BCUT2D eigenvalue weighted by Crippen LogP contribution is -2.38. The van der Waals surface area contributed by atoms with Gasteiger partial charge in [0.15, 0.2) is 0 Å². The molecule has 0 spiro atoms. The first-order chi connectivity index (χ1) is 8.72. The van der Waals surface area contributed by atoms with Gasteiger partial charge in [-0.2, -0.15) is 0 Å². The Kier molecular flexibility index (Phi) is 4.81. The van der Waals surface area contributed by atoms with E-state index in [4.69, 9.17) is 0 Å². The van der Waals surface area contributed by atoms with E-state index in [-0.39, 0.29) is 5.91 Å². The molecule has 1 aromatic rings. The summed E-state index contributed by atoms with van der Waals surface area (Å²) in [6, 6.07) is 8.29. The van der Waals surface area contributed by atoms with E-state index >= 15 is 0 Å². The Morgan fingerprint density at radius 2 is 2.00 bits per heavy atom. The lowest BCUT2D eigenvalue weighted by Gasteiger charge is -2.27. The topological polar surface area (TPSA) is 20.3 Å². The van der Waals surface area contributed by atoms with Gasteiger partial charge >= 0.3 is 0 Å². The second kappa shape index (κ2) is 6.37. The molecule has 0 saturated carbocycles. The van der Waals surface area contributed by atoms with Crippen molar-refractivity contribution in [1.29, 1.82) is 0 Å². The highest BCUT2D eigenvalue weighted by atomic mass is 79.9. The molecule has 1 saturated heterocycles. The monoisotopic (exact) mass is 309 g/mol. The van der Waals surface area contributed by atoms with Crippen LogP contribution in [0, 0.1) is 0 Å². The molecule has 1 unspecified atom stereocenters. The third-order valence-electron chi connectivity index (χ3n) is 3.67. The van der Waals surface area contributed by atoms with Crippen molar-refractivity contribution in [3.63, 3.8) is 0 Å². The molecule has 0 aliphatic carbocycles. The molecule has 1 aliphatic heterocycles. The standard InChI is InChI=1S/C15H20BrNO/c1-12-5-3-2-4-10-17(12)15(18)14-8-6-13(11-16)7-9-14/h6-9,12H,2-5,10-11H2,1H3. The molecule has 3 heteroatoms. The van der Waals surface area contributed by atoms with Crippen molar-refractivity contribution in [3.05, 3.63) is 35.4 Å². The van der Waals surface area contributed by atoms with Gasteiger partial charge in [-0.1, -0.05) is 40.9 Å². The van der Waals surface area contributed by atoms with Gasteiger partial charge in [-0.3, -0.25) is 4.79 Å². The minimum absolute atomic E-state index is 0.186. The minimum Gasteiger partial charge on any atom is -0.336 e. The van der Waals surface area contributed by atoms with Gasteiger partial charge in [-0.25, -0.2) is 0 Å². The Labute approximate surface area is 117 Å². The highest BCUT2D eigenvalue weighted by Gasteiger charge is 2.22. The molecule has 0 aromatic heterocycles. The largest absolute Gasteiger partial charge is 0.336 e. The lowest BCUT2D eigenvalue weighted by molar-refractivity contribution is 0.0698.